The third kappa shape index (κ3) is 5.67. The minimum Gasteiger partial charge on any atom is -0.504 e. The lowest BCUT2D eigenvalue weighted by Gasteiger charge is -2.10. The molecule has 7 nitrogen and oxygen atoms in total. The molecule has 1 heterocycles. The molecule has 1 aromatic rings. The Morgan fingerprint density at radius 3 is 2.50 bits per heavy atom. The lowest BCUT2D eigenvalue weighted by molar-refractivity contribution is -0.135. The van der Waals surface area contributed by atoms with Gasteiger partial charge in [0.15, 0.2) is 11.4 Å². The normalized spacial score (nSPS) is 10.7. The van der Waals surface area contributed by atoms with E-state index in [9.17, 15) is 14.7 Å². The number of hydrogen-bond donors (Lipinski definition) is 3. The zero-order valence-electron chi connectivity index (χ0n) is 13.2. The molecule has 1 aromatic heterocycles. The Balaban J connectivity index is 2.78. The van der Waals surface area contributed by atoms with Gasteiger partial charge in [0.05, 0.1) is 5.69 Å². The zero-order chi connectivity index (χ0) is 16.7. The van der Waals surface area contributed by atoms with Crippen LogP contribution in [0.25, 0.3) is 0 Å². The maximum atomic E-state index is 11.9. The number of rotatable bonds is 8. The van der Waals surface area contributed by atoms with Crippen LogP contribution in [0.2, 0.25) is 0 Å². The number of carbonyl (C=O) groups is 2. The van der Waals surface area contributed by atoms with Crippen molar-refractivity contribution in [3.8, 4) is 5.75 Å². The van der Waals surface area contributed by atoms with Gasteiger partial charge >= 0.3 is 5.97 Å². The highest BCUT2D eigenvalue weighted by atomic mass is 16.4. The minimum absolute atomic E-state index is 0.174. The van der Waals surface area contributed by atoms with E-state index in [1.807, 2.05) is 0 Å². The summed E-state index contributed by atoms with van der Waals surface area (Å²) in [6, 6.07) is 0. The van der Waals surface area contributed by atoms with E-state index < -0.39 is 18.4 Å². The molecule has 0 unspecified atom stereocenters. The number of aromatic hydroxyl groups is 1. The topological polar surface area (TPSA) is 112 Å². The number of aliphatic carboxylic acids is 1. The molecule has 0 saturated heterocycles. The smallest absolute Gasteiger partial charge is 0.322 e. The SMILES string of the molecule is Cc1nc(CCCCC(C)C)c(O)c(C(=O)NCC(=O)O)n1. The molecule has 0 aliphatic carbocycles. The van der Waals surface area contributed by atoms with Crippen LogP contribution in [0, 0.1) is 12.8 Å². The third-order valence-electron chi connectivity index (χ3n) is 3.13. The number of aromatic nitrogens is 2. The van der Waals surface area contributed by atoms with Gasteiger partial charge in [-0.3, -0.25) is 9.59 Å². The molecule has 0 saturated carbocycles. The van der Waals surface area contributed by atoms with Gasteiger partial charge in [0.2, 0.25) is 0 Å². The molecule has 1 amide bonds. The van der Waals surface area contributed by atoms with Crippen LogP contribution in [0.4, 0.5) is 0 Å². The first-order chi connectivity index (χ1) is 10.3. The highest BCUT2D eigenvalue weighted by molar-refractivity contribution is 5.96. The summed E-state index contributed by atoms with van der Waals surface area (Å²) in [6.45, 7) is 5.41. The number of hydrogen-bond acceptors (Lipinski definition) is 5. The summed E-state index contributed by atoms with van der Waals surface area (Å²) >= 11 is 0. The second-order valence-electron chi connectivity index (χ2n) is 5.63. The fraction of sp³-hybridized carbons (Fsp3) is 0.600. The molecule has 0 aliphatic rings. The van der Waals surface area contributed by atoms with E-state index in [2.05, 4.69) is 29.1 Å². The Hall–Kier alpha value is -2.18. The highest BCUT2D eigenvalue weighted by Crippen LogP contribution is 2.22. The molecule has 0 radical (unpaired) electrons. The summed E-state index contributed by atoms with van der Waals surface area (Å²) in [5.74, 6) is -1.14. The Kier molecular flexibility index (Phi) is 6.75. The zero-order valence-corrected chi connectivity index (χ0v) is 13.2. The van der Waals surface area contributed by atoms with Gasteiger partial charge in [-0.15, -0.1) is 0 Å². The summed E-state index contributed by atoms with van der Waals surface area (Å²) in [5.41, 5.74) is 0.254. The van der Waals surface area contributed by atoms with Crippen molar-refractivity contribution in [3.05, 3.63) is 17.2 Å². The summed E-state index contributed by atoms with van der Waals surface area (Å²) < 4.78 is 0. The molecule has 7 heteroatoms. The molecule has 22 heavy (non-hydrogen) atoms. The number of aryl methyl sites for hydroxylation is 2. The van der Waals surface area contributed by atoms with Crippen molar-refractivity contribution < 1.29 is 19.8 Å². The van der Waals surface area contributed by atoms with Gasteiger partial charge in [-0.1, -0.05) is 26.7 Å². The number of carbonyl (C=O) groups excluding carboxylic acids is 1. The van der Waals surface area contributed by atoms with Crippen LogP contribution in [0.3, 0.4) is 0 Å². The average Bonchev–Trinajstić information content (AvgIpc) is 2.43. The van der Waals surface area contributed by atoms with Crippen molar-refractivity contribution in [1.29, 1.82) is 0 Å². The Bertz CT molecular complexity index is 544. The monoisotopic (exact) mass is 309 g/mol. The Morgan fingerprint density at radius 2 is 1.91 bits per heavy atom. The predicted octanol–water partition coefficient (Wildman–Crippen LogP) is 1.67. The van der Waals surface area contributed by atoms with Gasteiger partial charge < -0.3 is 15.5 Å². The average molecular weight is 309 g/mol. The van der Waals surface area contributed by atoms with Gasteiger partial charge in [-0.05, 0) is 25.7 Å². The van der Waals surface area contributed by atoms with Gasteiger partial charge in [0, 0.05) is 0 Å². The van der Waals surface area contributed by atoms with Crippen molar-refractivity contribution in [2.45, 2.75) is 46.5 Å². The number of carboxylic acids is 1. The highest BCUT2D eigenvalue weighted by Gasteiger charge is 2.19. The third-order valence-corrected chi connectivity index (χ3v) is 3.13. The van der Waals surface area contributed by atoms with Gasteiger partial charge in [0.25, 0.3) is 5.91 Å². The van der Waals surface area contributed by atoms with Crippen molar-refractivity contribution in [2.75, 3.05) is 6.54 Å². The van der Waals surface area contributed by atoms with E-state index in [4.69, 9.17) is 5.11 Å². The Labute approximate surface area is 129 Å². The quantitative estimate of drug-likeness (QED) is 0.630. The number of carboxylic acid groups (broad SMARTS) is 1. The summed E-state index contributed by atoms with van der Waals surface area (Å²) in [4.78, 5) is 30.4. The lowest BCUT2D eigenvalue weighted by atomic mass is 10.0. The molecule has 0 atom stereocenters. The van der Waals surface area contributed by atoms with Crippen LogP contribution in [0.15, 0.2) is 0 Å². The van der Waals surface area contributed by atoms with Crippen LogP contribution in [0.5, 0.6) is 5.75 Å². The molecule has 3 N–H and O–H groups in total. The van der Waals surface area contributed by atoms with Crippen molar-refractivity contribution >= 4 is 11.9 Å². The van der Waals surface area contributed by atoms with E-state index in [-0.39, 0.29) is 11.4 Å². The second kappa shape index (κ2) is 8.31. The summed E-state index contributed by atoms with van der Waals surface area (Å²) in [6.07, 6.45) is 3.52. The number of nitrogens with one attached hydrogen (secondary N) is 1. The van der Waals surface area contributed by atoms with Crippen molar-refractivity contribution in [1.82, 2.24) is 15.3 Å². The van der Waals surface area contributed by atoms with Gasteiger partial charge in [0.1, 0.15) is 12.4 Å². The molecule has 122 valence electrons. The van der Waals surface area contributed by atoms with E-state index in [0.717, 1.165) is 19.3 Å². The molecule has 1 rings (SSSR count). The Morgan fingerprint density at radius 1 is 1.23 bits per heavy atom. The van der Waals surface area contributed by atoms with E-state index in [0.29, 0.717) is 23.9 Å². The van der Waals surface area contributed by atoms with Crippen molar-refractivity contribution in [3.63, 3.8) is 0 Å². The molecular weight excluding hydrogens is 286 g/mol. The summed E-state index contributed by atoms with van der Waals surface area (Å²) in [7, 11) is 0. The van der Waals surface area contributed by atoms with Crippen molar-refractivity contribution in [2.24, 2.45) is 5.92 Å². The molecule has 0 fully saturated rings. The molecule has 0 bridgehead atoms. The fourth-order valence-electron chi connectivity index (χ4n) is 2.04. The molecular formula is C15H23N3O4. The van der Waals surface area contributed by atoms with Gasteiger partial charge in [-0.2, -0.15) is 0 Å². The first-order valence-corrected chi connectivity index (χ1v) is 7.37. The maximum absolute atomic E-state index is 11.9. The molecule has 0 aromatic carbocycles. The standard InChI is InChI=1S/C15H23N3O4/c1-9(2)6-4-5-7-11-14(21)13(18-10(3)17-11)15(22)16-8-12(19)20/h9,21H,4-8H2,1-3H3,(H,16,22)(H,19,20). The van der Waals surface area contributed by atoms with Crippen LogP contribution < -0.4 is 5.32 Å². The van der Waals surface area contributed by atoms with Crippen LogP contribution in [0.1, 0.15) is 55.1 Å². The number of nitrogens with zero attached hydrogens (tertiary/aromatic N) is 2. The first kappa shape index (κ1) is 17.9. The fourth-order valence-corrected chi connectivity index (χ4v) is 2.04. The first-order valence-electron chi connectivity index (χ1n) is 7.37. The largest absolute Gasteiger partial charge is 0.504 e. The lowest BCUT2D eigenvalue weighted by Crippen LogP contribution is -2.30. The molecule has 0 spiro atoms. The van der Waals surface area contributed by atoms with Crippen LogP contribution in [-0.4, -0.2) is 38.6 Å². The molecule has 0 aliphatic heterocycles. The van der Waals surface area contributed by atoms with E-state index in [1.165, 1.54) is 0 Å². The van der Waals surface area contributed by atoms with Crippen LogP contribution in [-0.2, 0) is 11.2 Å². The predicted molar refractivity (Wildman–Crippen MR) is 80.8 cm³/mol. The van der Waals surface area contributed by atoms with Crippen LogP contribution >= 0.6 is 0 Å². The number of amides is 1. The van der Waals surface area contributed by atoms with E-state index in [1.54, 1.807) is 6.92 Å². The number of unbranched alkanes of at least 4 members (excludes halogenated alkanes) is 1. The minimum atomic E-state index is -1.16. The maximum Gasteiger partial charge on any atom is 0.322 e. The summed E-state index contributed by atoms with van der Waals surface area (Å²) in [5, 5.41) is 20.9. The second-order valence-corrected chi connectivity index (χ2v) is 5.63. The van der Waals surface area contributed by atoms with E-state index >= 15 is 0 Å². The van der Waals surface area contributed by atoms with Gasteiger partial charge in [-0.25, -0.2) is 9.97 Å².